The number of hydrogen-bond acceptors (Lipinski definition) is 5. The van der Waals surface area contributed by atoms with E-state index in [1.807, 2.05) is 30.3 Å². The number of esters is 1. The van der Waals surface area contributed by atoms with Crippen molar-refractivity contribution in [3.63, 3.8) is 0 Å². The molecule has 0 saturated heterocycles. The molecule has 7 heteroatoms. The number of halogens is 2. The first-order valence-corrected chi connectivity index (χ1v) is 8.91. The van der Waals surface area contributed by atoms with E-state index in [1.165, 1.54) is 0 Å². The summed E-state index contributed by atoms with van der Waals surface area (Å²) in [5.41, 5.74) is 1.42. The van der Waals surface area contributed by atoms with Gasteiger partial charge in [0.25, 0.3) is 0 Å². The molecular weight excluding hydrogens is 375 g/mol. The molecule has 132 valence electrons. The molecule has 1 aromatic carbocycles. The zero-order chi connectivity index (χ0) is 18.1. The standard InChI is InChI=1S/C19H14Cl2N2O3/c20-13-8-9-15(21)22-14(13)10-25-19(24)16-17(11-6-7-11)26-18(23-16)12-4-2-1-3-5-12/h1-5,8-9,11H,6-7,10H2. The Morgan fingerprint density at radius 1 is 1.12 bits per heavy atom. The van der Waals surface area contributed by atoms with Crippen LogP contribution in [0, 0.1) is 0 Å². The van der Waals surface area contributed by atoms with Gasteiger partial charge in [0.1, 0.15) is 17.5 Å². The van der Waals surface area contributed by atoms with Crippen LogP contribution in [0.15, 0.2) is 46.9 Å². The Kier molecular flexibility index (Phi) is 4.66. The van der Waals surface area contributed by atoms with E-state index in [4.69, 9.17) is 32.4 Å². The molecule has 1 aliphatic rings. The first-order chi connectivity index (χ1) is 12.6. The summed E-state index contributed by atoms with van der Waals surface area (Å²) in [5.74, 6) is 0.656. The van der Waals surface area contributed by atoms with Crippen LogP contribution in [-0.2, 0) is 11.3 Å². The Balaban J connectivity index is 1.57. The first kappa shape index (κ1) is 17.1. The second-order valence-corrected chi connectivity index (χ2v) is 6.81. The molecule has 2 aromatic heterocycles. The average Bonchev–Trinajstić information content (AvgIpc) is 3.41. The summed E-state index contributed by atoms with van der Waals surface area (Å²) < 4.78 is 11.2. The maximum Gasteiger partial charge on any atom is 0.361 e. The maximum absolute atomic E-state index is 12.6. The van der Waals surface area contributed by atoms with Crippen molar-refractivity contribution < 1.29 is 13.9 Å². The zero-order valence-corrected chi connectivity index (χ0v) is 15.1. The number of benzene rings is 1. The van der Waals surface area contributed by atoms with Crippen LogP contribution in [0.25, 0.3) is 11.5 Å². The van der Waals surface area contributed by atoms with Crippen LogP contribution in [0.5, 0.6) is 0 Å². The van der Waals surface area contributed by atoms with Gasteiger partial charge < -0.3 is 9.15 Å². The SMILES string of the molecule is O=C(OCc1nc(Cl)ccc1Cl)c1nc(-c2ccccc2)oc1C1CC1. The third kappa shape index (κ3) is 3.59. The van der Waals surface area contributed by atoms with Crippen molar-refractivity contribution in [1.29, 1.82) is 0 Å². The lowest BCUT2D eigenvalue weighted by Crippen LogP contribution is -2.09. The lowest BCUT2D eigenvalue weighted by molar-refractivity contribution is 0.0459. The summed E-state index contributed by atoms with van der Waals surface area (Å²) in [5, 5.41) is 0.668. The van der Waals surface area contributed by atoms with Crippen molar-refractivity contribution in [2.75, 3.05) is 0 Å². The van der Waals surface area contributed by atoms with E-state index in [-0.39, 0.29) is 23.4 Å². The van der Waals surface area contributed by atoms with Gasteiger partial charge in [0.2, 0.25) is 5.89 Å². The van der Waals surface area contributed by atoms with E-state index in [0.29, 0.717) is 22.4 Å². The highest BCUT2D eigenvalue weighted by molar-refractivity contribution is 6.32. The summed E-state index contributed by atoms with van der Waals surface area (Å²) in [7, 11) is 0. The molecule has 2 heterocycles. The minimum absolute atomic E-state index is 0.0874. The number of carbonyl (C=O) groups excluding carboxylic acids is 1. The van der Waals surface area contributed by atoms with Crippen molar-refractivity contribution in [3.05, 3.63) is 69.8 Å². The highest BCUT2D eigenvalue weighted by Gasteiger charge is 2.34. The smallest absolute Gasteiger partial charge is 0.361 e. The fraction of sp³-hybridized carbons (Fsp3) is 0.211. The Hall–Kier alpha value is -2.37. The van der Waals surface area contributed by atoms with Crippen LogP contribution in [0.4, 0.5) is 0 Å². The molecule has 5 nitrogen and oxygen atoms in total. The van der Waals surface area contributed by atoms with Gasteiger partial charge in [0.15, 0.2) is 5.69 Å². The maximum atomic E-state index is 12.6. The lowest BCUT2D eigenvalue weighted by atomic mass is 10.2. The van der Waals surface area contributed by atoms with Gasteiger partial charge in [-0.05, 0) is 37.1 Å². The molecule has 1 fully saturated rings. The molecule has 1 saturated carbocycles. The predicted octanol–water partition coefficient (Wildman–Crippen LogP) is 5.28. The number of rotatable bonds is 5. The van der Waals surface area contributed by atoms with Gasteiger partial charge in [-0.3, -0.25) is 0 Å². The van der Waals surface area contributed by atoms with Crippen LogP contribution in [0.3, 0.4) is 0 Å². The Bertz CT molecular complexity index is 953. The summed E-state index contributed by atoms with van der Waals surface area (Å²) >= 11 is 11.9. The van der Waals surface area contributed by atoms with Gasteiger partial charge in [0.05, 0.1) is 10.7 Å². The summed E-state index contributed by atoms with van der Waals surface area (Å²) in [4.78, 5) is 21.0. The van der Waals surface area contributed by atoms with Crippen molar-refractivity contribution in [1.82, 2.24) is 9.97 Å². The molecule has 0 unspecified atom stereocenters. The fourth-order valence-electron chi connectivity index (χ4n) is 2.57. The molecule has 0 radical (unpaired) electrons. The Morgan fingerprint density at radius 3 is 2.62 bits per heavy atom. The molecule has 0 N–H and O–H groups in total. The van der Waals surface area contributed by atoms with E-state index >= 15 is 0 Å². The van der Waals surface area contributed by atoms with Gasteiger partial charge in [-0.1, -0.05) is 41.4 Å². The first-order valence-electron chi connectivity index (χ1n) is 8.16. The fourth-order valence-corrected chi connectivity index (χ4v) is 2.89. The Morgan fingerprint density at radius 2 is 1.88 bits per heavy atom. The second kappa shape index (κ2) is 7.09. The summed E-state index contributed by atoms with van der Waals surface area (Å²) in [6.07, 6.45) is 1.96. The quantitative estimate of drug-likeness (QED) is 0.439. The van der Waals surface area contributed by atoms with E-state index in [0.717, 1.165) is 18.4 Å². The number of carbonyl (C=O) groups is 1. The van der Waals surface area contributed by atoms with Gasteiger partial charge in [-0.2, -0.15) is 0 Å². The van der Waals surface area contributed by atoms with E-state index < -0.39 is 5.97 Å². The number of nitrogens with zero attached hydrogens (tertiary/aromatic N) is 2. The molecule has 0 spiro atoms. The predicted molar refractivity (Wildman–Crippen MR) is 97.3 cm³/mol. The second-order valence-electron chi connectivity index (χ2n) is 6.01. The van der Waals surface area contributed by atoms with Gasteiger partial charge >= 0.3 is 5.97 Å². The number of hydrogen-bond donors (Lipinski definition) is 0. The van der Waals surface area contributed by atoms with E-state index in [2.05, 4.69) is 9.97 Å². The molecule has 0 aliphatic heterocycles. The van der Waals surface area contributed by atoms with Crippen molar-refractivity contribution in [2.45, 2.75) is 25.4 Å². The molecule has 0 amide bonds. The minimum Gasteiger partial charge on any atom is -0.454 e. The number of aromatic nitrogens is 2. The van der Waals surface area contributed by atoms with Crippen molar-refractivity contribution in [2.24, 2.45) is 0 Å². The lowest BCUT2D eigenvalue weighted by Gasteiger charge is -2.05. The minimum atomic E-state index is -0.560. The largest absolute Gasteiger partial charge is 0.454 e. The normalized spacial score (nSPS) is 13.6. The highest BCUT2D eigenvalue weighted by Crippen LogP contribution is 2.43. The topological polar surface area (TPSA) is 65.2 Å². The number of oxazole rings is 1. The molecule has 0 bridgehead atoms. The molecule has 26 heavy (non-hydrogen) atoms. The zero-order valence-electron chi connectivity index (χ0n) is 13.6. The highest BCUT2D eigenvalue weighted by atomic mass is 35.5. The van der Waals surface area contributed by atoms with Crippen LogP contribution >= 0.6 is 23.2 Å². The van der Waals surface area contributed by atoms with Crippen molar-refractivity contribution in [3.8, 4) is 11.5 Å². The third-order valence-corrected chi connectivity index (χ3v) is 4.59. The van der Waals surface area contributed by atoms with Gasteiger partial charge in [0, 0.05) is 11.5 Å². The van der Waals surface area contributed by atoms with Gasteiger partial charge in [-0.25, -0.2) is 14.8 Å². The van der Waals surface area contributed by atoms with Crippen LogP contribution in [0.2, 0.25) is 10.2 Å². The summed E-state index contributed by atoms with van der Waals surface area (Å²) in [6.45, 7) is -0.0874. The van der Waals surface area contributed by atoms with Crippen molar-refractivity contribution >= 4 is 29.2 Å². The van der Waals surface area contributed by atoms with Gasteiger partial charge in [-0.15, -0.1) is 0 Å². The molecule has 1 aliphatic carbocycles. The van der Waals surface area contributed by atoms with Crippen LogP contribution < -0.4 is 0 Å². The Labute approximate surface area is 159 Å². The number of pyridine rings is 1. The summed E-state index contributed by atoms with van der Waals surface area (Å²) in [6, 6.07) is 12.6. The van der Waals surface area contributed by atoms with E-state index in [1.54, 1.807) is 12.1 Å². The molecule has 3 aromatic rings. The van der Waals surface area contributed by atoms with Crippen LogP contribution in [0.1, 0.15) is 40.7 Å². The number of ether oxygens (including phenoxy) is 1. The molecule has 4 rings (SSSR count). The molecular formula is C19H14Cl2N2O3. The third-order valence-electron chi connectivity index (χ3n) is 4.04. The monoisotopic (exact) mass is 388 g/mol. The van der Waals surface area contributed by atoms with Crippen LogP contribution in [-0.4, -0.2) is 15.9 Å². The molecule has 0 atom stereocenters. The van der Waals surface area contributed by atoms with E-state index in [9.17, 15) is 4.79 Å². The average molecular weight is 389 g/mol.